The van der Waals surface area contributed by atoms with E-state index in [1.54, 1.807) is 37.3 Å². The highest BCUT2D eigenvalue weighted by Crippen LogP contribution is 2.34. The van der Waals surface area contributed by atoms with Crippen LogP contribution in [0, 0.1) is 5.92 Å². The number of hydrogen-bond donors (Lipinski definition) is 2. The fourth-order valence-electron chi connectivity index (χ4n) is 4.35. The molecule has 2 N–H and O–H groups in total. The van der Waals surface area contributed by atoms with Gasteiger partial charge in [-0.1, -0.05) is 13.8 Å². The van der Waals surface area contributed by atoms with Gasteiger partial charge in [-0.2, -0.15) is 0 Å². The second kappa shape index (κ2) is 10.8. The first kappa shape index (κ1) is 24.5. The minimum absolute atomic E-state index is 0.213. The largest absolute Gasteiger partial charge is 0.493 e. The molecular weight excluding hydrogens is 450 g/mol. The quantitative estimate of drug-likeness (QED) is 0.625. The second-order valence-corrected chi connectivity index (χ2v) is 9.13. The summed E-state index contributed by atoms with van der Waals surface area (Å²) in [7, 11) is 3.20. The number of urea groups is 1. The summed E-state index contributed by atoms with van der Waals surface area (Å²) in [6.45, 7) is 5.99. The zero-order chi connectivity index (χ0) is 24.9. The Balaban J connectivity index is 1.44. The highest BCUT2D eigenvalue weighted by atomic mass is 16.6. The molecule has 1 unspecified atom stereocenters. The Labute approximate surface area is 205 Å². The van der Waals surface area contributed by atoms with E-state index in [2.05, 4.69) is 10.6 Å². The molecule has 1 atom stereocenters. The Morgan fingerprint density at radius 2 is 1.69 bits per heavy atom. The van der Waals surface area contributed by atoms with Gasteiger partial charge in [-0.25, -0.2) is 4.79 Å². The number of rotatable bonds is 7. The minimum atomic E-state index is -0.678. The Morgan fingerprint density at radius 1 is 1.00 bits per heavy atom. The normalized spacial score (nSPS) is 15.2. The molecule has 9 heteroatoms. The van der Waals surface area contributed by atoms with E-state index in [4.69, 9.17) is 18.9 Å². The fourth-order valence-corrected chi connectivity index (χ4v) is 4.35. The van der Waals surface area contributed by atoms with E-state index in [0.29, 0.717) is 67.8 Å². The predicted molar refractivity (Wildman–Crippen MR) is 131 cm³/mol. The van der Waals surface area contributed by atoms with Crippen LogP contribution in [0.15, 0.2) is 30.3 Å². The highest BCUT2D eigenvalue weighted by molar-refractivity contribution is 5.97. The number of hydrogen-bond acceptors (Lipinski definition) is 6. The van der Waals surface area contributed by atoms with Gasteiger partial charge in [0.1, 0.15) is 19.3 Å². The van der Waals surface area contributed by atoms with Gasteiger partial charge in [-0.15, -0.1) is 0 Å². The molecule has 4 rings (SSSR count). The van der Waals surface area contributed by atoms with Crippen molar-refractivity contribution < 1.29 is 28.5 Å². The lowest BCUT2D eigenvalue weighted by molar-refractivity contribution is -0.118. The monoisotopic (exact) mass is 483 g/mol. The van der Waals surface area contributed by atoms with Gasteiger partial charge >= 0.3 is 6.03 Å². The fraction of sp³-hybridized carbons (Fsp3) is 0.462. The van der Waals surface area contributed by atoms with Gasteiger partial charge in [0, 0.05) is 24.8 Å². The molecule has 2 aliphatic heterocycles. The summed E-state index contributed by atoms with van der Waals surface area (Å²) < 4.78 is 22.0. The molecular formula is C26H33N3O6. The number of ether oxygens (including phenoxy) is 4. The van der Waals surface area contributed by atoms with Crippen LogP contribution in [0.2, 0.25) is 0 Å². The molecule has 0 bridgehead atoms. The molecule has 2 aromatic carbocycles. The number of benzene rings is 2. The van der Waals surface area contributed by atoms with Crippen molar-refractivity contribution in [3.05, 3.63) is 41.5 Å². The summed E-state index contributed by atoms with van der Waals surface area (Å²) in [5, 5.41) is 5.86. The number of methoxy groups -OCH3 is 2. The molecule has 2 heterocycles. The van der Waals surface area contributed by atoms with E-state index in [1.807, 2.05) is 26.0 Å². The number of carbonyl (C=O) groups excluding carboxylic acids is 2. The van der Waals surface area contributed by atoms with Crippen LogP contribution in [-0.4, -0.2) is 56.9 Å². The molecule has 0 aliphatic carbocycles. The maximum absolute atomic E-state index is 13.2. The first-order valence-corrected chi connectivity index (χ1v) is 11.9. The lowest BCUT2D eigenvalue weighted by atomic mass is 9.99. The average molecular weight is 484 g/mol. The molecule has 9 nitrogen and oxygen atoms in total. The Kier molecular flexibility index (Phi) is 7.53. The number of fused-ring (bicyclic) bond motifs is 2. The Bertz CT molecular complexity index is 1090. The smallest absolute Gasteiger partial charge is 0.318 e. The molecule has 188 valence electrons. The Hall–Kier alpha value is -3.62. The van der Waals surface area contributed by atoms with Crippen molar-refractivity contribution in [1.82, 2.24) is 10.2 Å². The molecule has 0 saturated carbocycles. The molecule has 3 amide bonds. The van der Waals surface area contributed by atoms with Crippen LogP contribution < -0.4 is 29.6 Å². The standard InChI is InChI=1S/C26H33N3O6/c1-16(2)11-20(25(30)27-19-5-6-21-24(14-19)35-10-9-34-21)28-26(31)29-8-7-17-12-22(32-3)23(33-4)13-18(17)15-29/h5-6,12-14,16,20H,7-11,15H2,1-4H3,(H,27,30)(H,28,31). The van der Waals surface area contributed by atoms with Crippen LogP contribution in [-0.2, 0) is 17.8 Å². The van der Waals surface area contributed by atoms with Crippen molar-refractivity contribution in [3.8, 4) is 23.0 Å². The van der Waals surface area contributed by atoms with Crippen molar-refractivity contribution in [2.75, 3.05) is 39.3 Å². The number of anilines is 1. The first-order valence-electron chi connectivity index (χ1n) is 11.9. The van der Waals surface area contributed by atoms with Crippen molar-refractivity contribution in [3.63, 3.8) is 0 Å². The lowest BCUT2D eigenvalue weighted by Crippen LogP contribution is -2.51. The first-order chi connectivity index (χ1) is 16.9. The van der Waals surface area contributed by atoms with E-state index in [0.717, 1.165) is 11.1 Å². The van der Waals surface area contributed by atoms with E-state index < -0.39 is 6.04 Å². The van der Waals surface area contributed by atoms with Crippen LogP contribution in [0.3, 0.4) is 0 Å². The third-order valence-corrected chi connectivity index (χ3v) is 6.14. The average Bonchev–Trinajstić information content (AvgIpc) is 2.86. The van der Waals surface area contributed by atoms with Gasteiger partial charge in [0.2, 0.25) is 5.91 Å². The van der Waals surface area contributed by atoms with Gasteiger partial charge in [0.05, 0.1) is 14.2 Å². The third kappa shape index (κ3) is 5.72. The van der Waals surface area contributed by atoms with Gasteiger partial charge in [0.25, 0.3) is 0 Å². The maximum Gasteiger partial charge on any atom is 0.318 e. The van der Waals surface area contributed by atoms with E-state index in [1.165, 1.54) is 0 Å². The third-order valence-electron chi connectivity index (χ3n) is 6.14. The summed E-state index contributed by atoms with van der Waals surface area (Å²) in [5.41, 5.74) is 2.72. The van der Waals surface area contributed by atoms with Crippen LogP contribution in [0.25, 0.3) is 0 Å². The lowest BCUT2D eigenvalue weighted by Gasteiger charge is -2.31. The number of carbonyl (C=O) groups is 2. The molecule has 0 spiro atoms. The summed E-state index contributed by atoms with van der Waals surface area (Å²) in [6.07, 6.45) is 1.21. The highest BCUT2D eigenvalue weighted by Gasteiger charge is 2.28. The Morgan fingerprint density at radius 3 is 2.37 bits per heavy atom. The van der Waals surface area contributed by atoms with Gasteiger partial charge in [-0.3, -0.25) is 4.79 Å². The predicted octanol–water partition coefficient (Wildman–Crippen LogP) is 3.60. The molecule has 2 aliphatic rings. The summed E-state index contributed by atoms with van der Waals surface area (Å²) >= 11 is 0. The number of nitrogens with one attached hydrogen (secondary N) is 2. The van der Waals surface area contributed by atoms with Crippen LogP contribution >= 0.6 is 0 Å². The number of nitrogens with zero attached hydrogens (tertiary/aromatic N) is 1. The minimum Gasteiger partial charge on any atom is -0.493 e. The SMILES string of the molecule is COc1cc2c(cc1OC)CN(C(=O)NC(CC(C)C)C(=O)Nc1ccc3c(c1)OCCO3)CC2. The summed E-state index contributed by atoms with van der Waals surface area (Å²) in [6, 6.07) is 8.21. The van der Waals surface area contributed by atoms with Crippen molar-refractivity contribution in [2.24, 2.45) is 5.92 Å². The van der Waals surface area contributed by atoms with Crippen molar-refractivity contribution in [2.45, 2.75) is 39.3 Å². The maximum atomic E-state index is 13.2. The molecule has 0 radical (unpaired) electrons. The van der Waals surface area contributed by atoms with Crippen molar-refractivity contribution >= 4 is 17.6 Å². The van der Waals surface area contributed by atoms with Crippen molar-refractivity contribution in [1.29, 1.82) is 0 Å². The van der Waals surface area contributed by atoms with Crippen LogP contribution in [0.4, 0.5) is 10.5 Å². The van der Waals surface area contributed by atoms with E-state index >= 15 is 0 Å². The van der Waals surface area contributed by atoms with Crippen LogP contribution in [0.5, 0.6) is 23.0 Å². The number of amides is 3. The molecule has 0 saturated heterocycles. The van der Waals surface area contributed by atoms with Gasteiger partial charge < -0.3 is 34.5 Å². The second-order valence-electron chi connectivity index (χ2n) is 9.13. The van der Waals surface area contributed by atoms with Gasteiger partial charge in [-0.05, 0) is 54.2 Å². The summed E-state index contributed by atoms with van der Waals surface area (Å²) in [4.78, 5) is 28.0. The van der Waals surface area contributed by atoms with Gasteiger partial charge in [0.15, 0.2) is 23.0 Å². The molecule has 35 heavy (non-hydrogen) atoms. The van der Waals surface area contributed by atoms with E-state index in [9.17, 15) is 9.59 Å². The molecule has 0 fully saturated rings. The zero-order valence-corrected chi connectivity index (χ0v) is 20.7. The molecule has 0 aromatic heterocycles. The zero-order valence-electron chi connectivity index (χ0n) is 20.7. The summed E-state index contributed by atoms with van der Waals surface area (Å²) in [5.74, 6) is 2.50. The molecule has 2 aromatic rings. The topological polar surface area (TPSA) is 98.4 Å². The van der Waals surface area contributed by atoms with E-state index in [-0.39, 0.29) is 17.9 Å². The van der Waals surface area contributed by atoms with Crippen LogP contribution in [0.1, 0.15) is 31.4 Å².